The van der Waals surface area contributed by atoms with Crippen LogP contribution in [0.5, 0.6) is 0 Å². The number of carbonyl (C=O) groups excluding carboxylic acids is 1. The maximum Gasteiger partial charge on any atom is 0.305 e. The number of esters is 1. The van der Waals surface area contributed by atoms with Gasteiger partial charge in [0.1, 0.15) is 0 Å². The molecule has 0 aromatic rings. The zero-order chi connectivity index (χ0) is 21.1. The van der Waals surface area contributed by atoms with Crippen molar-refractivity contribution in [1.82, 2.24) is 0 Å². The molecule has 0 rings (SSSR count). The van der Waals surface area contributed by atoms with E-state index >= 15 is 0 Å². The van der Waals surface area contributed by atoms with Crippen molar-refractivity contribution in [2.45, 2.75) is 142 Å². The summed E-state index contributed by atoms with van der Waals surface area (Å²) in [6.07, 6.45) is 21.9. The molecule has 0 amide bonds. The van der Waals surface area contributed by atoms with Crippen molar-refractivity contribution in [2.75, 3.05) is 7.11 Å². The maximum absolute atomic E-state index is 11.0. The van der Waals surface area contributed by atoms with Gasteiger partial charge in [0.05, 0.1) is 7.11 Å². The van der Waals surface area contributed by atoms with Crippen molar-refractivity contribution in [3.63, 3.8) is 0 Å². The van der Waals surface area contributed by atoms with Gasteiger partial charge in [0.15, 0.2) is 8.32 Å². The van der Waals surface area contributed by atoms with Crippen molar-refractivity contribution in [3.8, 4) is 0 Å². The monoisotopic (exact) mass is 414 g/mol. The highest BCUT2D eigenvalue weighted by Crippen LogP contribution is 2.20. The molecule has 0 aliphatic carbocycles. The second-order valence-electron chi connectivity index (χ2n) is 9.35. The van der Waals surface area contributed by atoms with Crippen LogP contribution in [0.4, 0.5) is 0 Å². The highest BCUT2D eigenvalue weighted by Gasteiger charge is 2.20. The van der Waals surface area contributed by atoms with Crippen molar-refractivity contribution in [1.29, 1.82) is 0 Å². The summed E-state index contributed by atoms with van der Waals surface area (Å²) < 4.78 is 11.1. The molecule has 3 nitrogen and oxygen atoms in total. The van der Waals surface area contributed by atoms with E-state index < -0.39 is 8.32 Å². The Bertz CT molecular complexity index is 352. The van der Waals surface area contributed by atoms with Crippen LogP contribution in [0.1, 0.15) is 116 Å². The molecule has 0 bridgehead atoms. The van der Waals surface area contributed by atoms with Crippen LogP contribution in [0, 0.1) is 0 Å². The lowest BCUT2D eigenvalue weighted by molar-refractivity contribution is -0.140. The van der Waals surface area contributed by atoms with Gasteiger partial charge < -0.3 is 9.16 Å². The normalized spacial score (nSPS) is 12.9. The van der Waals surface area contributed by atoms with Gasteiger partial charge in [-0.1, -0.05) is 90.4 Å². The van der Waals surface area contributed by atoms with Crippen LogP contribution in [0.25, 0.3) is 0 Å². The van der Waals surface area contributed by atoms with Crippen LogP contribution in [0.15, 0.2) is 0 Å². The predicted octanol–water partition coefficient (Wildman–Crippen LogP) is 8.03. The fraction of sp³-hybridized carbons (Fsp3) is 0.958. The molecule has 1 atom stereocenters. The Balaban J connectivity index is 3.51. The van der Waals surface area contributed by atoms with Gasteiger partial charge >= 0.3 is 5.97 Å². The fourth-order valence-electron chi connectivity index (χ4n) is 3.72. The van der Waals surface area contributed by atoms with Gasteiger partial charge in [0, 0.05) is 12.5 Å². The van der Waals surface area contributed by atoms with Crippen molar-refractivity contribution in [2.24, 2.45) is 0 Å². The summed E-state index contributed by atoms with van der Waals surface area (Å²) in [5.41, 5.74) is 0. The van der Waals surface area contributed by atoms with Crippen molar-refractivity contribution in [3.05, 3.63) is 0 Å². The average molecular weight is 415 g/mol. The summed E-state index contributed by atoms with van der Waals surface area (Å²) in [6.45, 7) is 9.23. The number of carbonyl (C=O) groups is 1. The standard InChI is InChI=1S/C24H50O3Si/c1-6-7-17-20-23(27-28(3,4)5)21-18-15-13-11-9-8-10-12-14-16-19-22-24(25)26-2/h23H,6-22H2,1-5H3. The SMILES string of the molecule is CCCCCC(CCCCCCCCCCCCCC(=O)OC)O[Si](C)(C)C. The highest BCUT2D eigenvalue weighted by molar-refractivity contribution is 6.69. The Kier molecular flexibility index (Phi) is 18.4. The molecule has 0 aromatic heterocycles. The summed E-state index contributed by atoms with van der Waals surface area (Å²) in [4.78, 5) is 11.0. The van der Waals surface area contributed by atoms with Crippen LogP contribution < -0.4 is 0 Å². The molecule has 0 spiro atoms. The molecule has 0 aliphatic heterocycles. The molecule has 4 heteroatoms. The summed E-state index contributed by atoms with van der Waals surface area (Å²) >= 11 is 0. The van der Waals surface area contributed by atoms with Crippen LogP contribution in [0.2, 0.25) is 19.6 Å². The van der Waals surface area contributed by atoms with Crippen LogP contribution in [-0.4, -0.2) is 27.5 Å². The number of methoxy groups -OCH3 is 1. The molecule has 0 radical (unpaired) electrons. The van der Waals surface area contributed by atoms with Gasteiger partial charge in [-0.15, -0.1) is 0 Å². The Labute approximate surface area is 177 Å². The minimum Gasteiger partial charge on any atom is -0.469 e. The average Bonchev–Trinajstić information content (AvgIpc) is 2.64. The lowest BCUT2D eigenvalue weighted by atomic mass is 10.0. The lowest BCUT2D eigenvalue weighted by Gasteiger charge is -2.26. The van der Waals surface area contributed by atoms with E-state index in [2.05, 4.69) is 31.3 Å². The molecule has 28 heavy (non-hydrogen) atoms. The summed E-state index contributed by atoms with van der Waals surface area (Å²) in [5, 5.41) is 0. The Morgan fingerprint density at radius 1 is 0.714 bits per heavy atom. The topological polar surface area (TPSA) is 35.5 Å². The molecule has 0 saturated carbocycles. The third-order valence-corrected chi connectivity index (χ3v) is 6.32. The summed E-state index contributed by atoms with van der Waals surface area (Å²) in [5.74, 6) is -0.0701. The molecule has 0 N–H and O–H groups in total. The van der Waals surface area contributed by atoms with E-state index in [4.69, 9.17) is 4.43 Å². The predicted molar refractivity (Wildman–Crippen MR) is 124 cm³/mol. The molecule has 0 heterocycles. The fourth-order valence-corrected chi connectivity index (χ4v) is 4.95. The first-order valence-electron chi connectivity index (χ1n) is 12.1. The quantitative estimate of drug-likeness (QED) is 0.115. The number of ether oxygens (including phenoxy) is 1. The third kappa shape index (κ3) is 20.4. The van der Waals surface area contributed by atoms with Crippen molar-refractivity contribution < 1.29 is 14.0 Å². The molecule has 168 valence electrons. The zero-order valence-corrected chi connectivity index (χ0v) is 20.8. The Morgan fingerprint density at radius 2 is 1.14 bits per heavy atom. The van der Waals surface area contributed by atoms with E-state index in [0.717, 1.165) is 12.8 Å². The molecule has 0 saturated heterocycles. The van der Waals surface area contributed by atoms with E-state index in [9.17, 15) is 4.79 Å². The van der Waals surface area contributed by atoms with Crippen LogP contribution >= 0.6 is 0 Å². The minimum absolute atomic E-state index is 0.0701. The number of hydrogen-bond acceptors (Lipinski definition) is 3. The van der Waals surface area contributed by atoms with Gasteiger partial charge in [0.25, 0.3) is 0 Å². The second-order valence-corrected chi connectivity index (χ2v) is 13.8. The van der Waals surface area contributed by atoms with Crippen LogP contribution in [-0.2, 0) is 14.0 Å². The zero-order valence-electron chi connectivity index (χ0n) is 19.8. The van der Waals surface area contributed by atoms with Crippen LogP contribution in [0.3, 0.4) is 0 Å². The summed E-state index contributed by atoms with van der Waals surface area (Å²) in [7, 11) is 0.0539. The molecule has 0 aromatic carbocycles. The van der Waals surface area contributed by atoms with E-state index in [0.29, 0.717) is 12.5 Å². The minimum atomic E-state index is -1.41. The first-order chi connectivity index (χ1) is 13.4. The Morgan fingerprint density at radius 3 is 1.57 bits per heavy atom. The smallest absolute Gasteiger partial charge is 0.305 e. The largest absolute Gasteiger partial charge is 0.469 e. The van der Waals surface area contributed by atoms with Crippen molar-refractivity contribution >= 4 is 14.3 Å². The lowest BCUT2D eigenvalue weighted by Crippen LogP contribution is -2.32. The van der Waals surface area contributed by atoms with E-state index in [1.807, 2.05) is 0 Å². The number of hydrogen-bond donors (Lipinski definition) is 0. The Hall–Kier alpha value is -0.353. The van der Waals surface area contributed by atoms with Gasteiger partial charge in [-0.05, 0) is 38.9 Å². The van der Waals surface area contributed by atoms with Gasteiger partial charge in [-0.25, -0.2) is 0 Å². The first kappa shape index (κ1) is 27.6. The van der Waals surface area contributed by atoms with E-state index in [-0.39, 0.29) is 5.97 Å². The van der Waals surface area contributed by atoms with E-state index in [1.165, 1.54) is 97.0 Å². The molecule has 1 unspecified atom stereocenters. The van der Waals surface area contributed by atoms with Gasteiger partial charge in [-0.3, -0.25) is 4.79 Å². The second kappa shape index (κ2) is 18.7. The molecular weight excluding hydrogens is 364 g/mol. The maximum atomic E-state index is 11.0. The van der Waals surface area contributed by atoms with E-state index in [1.54, 1.807) is 0 Å². The third-order valence-electron chi connectivity index (χ3n) is 5.28. The van der Waals surface area contributed by atoms with Gasteiger partial charge in [-0.2, -0.15) is 0 Å². The highest BCUT2D eigenvalue weighted by atomic mass is 28.4. The number of unbranched alkanes of at least 4 members (excludes halogenated alkanes) is 12. The molecule has 0 fully saturated rings. The first-order valence-corrected chi connectivity index (χ1v) is 15.5. The molecule has 0 aliphatic rings. The van der Waals surface area contributed by atoms with Gasteiger partial charge in [0.2, 0.25) is 0 Å². The number of rotatable bonds is 20. The molecular formula is C24H50O3Si. The summed E-state index contributed by atoms with van der Waals surface area (Å²) in [6, 6.07) is 0.